The van der Waals surface area contributed by atoms with Crippen LogP contribution in [0.4, 0.5) is 0 Å². The molecule has 1 heterocycles. The molecule has 1 aliphatic heterocycles. The molecule has 0 fully saturated rings. The Morgan fingerprint density at radius 2 is 2.22 bits per heavy atom. The zero-order valence-electron chi connectivity index (χ0n) is 10.1. The van der Waals surface area contributed by atoms with Crippen molar-refractivity contribution in [2.24, 2.45) is 0 Å². The first-order valence-corrected chi connectivity index (χ1v) is 7.14. The maximum atomic E-state index is 12.7. The summed E-state index contributed by atoms with van der Waals surface area (Å²) in [6.07, 6.45) is 11.1. The van der Waals surface area contributed by atoms with Crippen LogP contribution >= 0.6 is 0 Å². The molecule has 2 atom stereocenters. The normalized spacial score (nSPS) is 24.8. The van der Waals surface area contributed by atoms with E-state index in [2.05, 4.69) is 12.2 Å². The van der Waals surface area contributed by atoms with Crippen molar-refractivity contribution in [3.63, 3.8) is 0 Å². The number of ether oxygens (including phenoxy) is 1. The lowest BCUT2D eigenvalue weighted by Crippen LogP contribution is -2.17. The molecule has 0 amide bonds. The Balaban J connectivity index is 2.12. The first-order valence-electron chi connectivity index (χ1n) is 5.93. The molecule has 0 radical (unpaired) electrons. The van der Waals surface area contributed by atoms with Gasteiger partial charge in [-0.15, -0.1) is 0 Å². The Labute approximate surface area is 109 Å². The molecule has 0 aromatic heterocycles. The van der Waals surface area contributed by atoms with Gasteiger partial charge in [-0.3, -0.25) is 4.21 Å². The number of hydrogen-bond acceptors (Lipinski definition) is 2. The van der Waals surface area contributed by atoms with Crippen molar-refractivity contribution >= 4 is 16.9 Å². The Morgan fingerprint density at radius 1 is 1.33 bits per heavy atom. The summed E-state index contributed by atoms with van der Waals surface area (Å²) in [6.45, 7) is 0. The second-order valence-corrected chi connectivity index (χ2v) is 5.96. The van der Waals surface area contributed by atoms with Gasteiger partial charge in [0.25, 0.3) is 0 Å². The highest BCUT2D eigenvalue weighted by Gasteiger charge is 2.25. The summed E-state index contributed by atoms with van der Waals surface area (Å²) in [5.74, 6) is 0.759. The van der Waals surface area contributed by atoms with Crippen LogP contribution in [0, 0.1) is 0 Å². The summed E-state index contributed by atoms with van der Waals surface area (Å²) in [7, 11) is 0.608. The zero-order valence-corrected chi connectivity index (χ0v) is 10.9. The van der Waals surface area contributed by atoms with Crippen molar-refractivity contribution in [1.82, 2.24) is 0 Å². The molecule has 1 aromatic rings. The van der Waals surface area contributed by atoms with Crippen LogP contribution in [-0.2, 0) is 10.8 Å². The molecular formula is C15H14O2S. The second kappa shape index (κ2) is 4.58. The summed E-state index contributed by atoms with van der Waals surface area (Å²) in [4.78, 5) is 0.870. The van der Waals surface area contributed by atoms with Crippen LogP contribution in [0.5, 0.6) is 5.75 Å². The molecule has 1 aliphatic carbocycles. The Morgan fingerprint density at radius 3 is 3.06 bits per heavy atom. The fraction of sp³-hybridized carbons (Fsp3) is 0.200. The molecule has 0 N–H and O–H groups in total. The topological polar surface area (TPSA) is 26.3 Å². The van der Waals surface area contributed by atoms with Crippen LogP contribution in [0.15, 0.2) is 53.0 Å². The first-order chi connectivity index (χ1) is 8.79. The number of rotatable bonds is 1. The van der Waals surface area contributed by atoms with Gasteiger partial charge in [0.1, 0.15) is 5.75 Å². The third-order valence-corrected chi connectivity index (χ3v) is 5.07. The Kier molecular flexibility index (Phi) is 2.92. The van der Waals surface area contributed by atoms with E-state index >= 15 is 0 Å². The van der Waals surface area contributed by atoms with E-state index in [0.29, 0.717) is 0 Å². The van der Waals surface area contributed by atoms with Gasteiger partial charge in [-0.25, -0.2) is 0 Å². The van der Waals surface area contributed by atoms with Gasteiger partial charge in [-0.2, -0.15) is 0 Å². The third-order valence-electron chi connectivity index (χ3n) is 3.30. The number of allylic oxidation sites excluding steroid dienone is 4. The van der Waals surface area contributed by atoms with Gasteiger partial charge in [-0.1, -0.05) is 36.4 Å². The van der Waals surface area contributed by atoms with Crippen LogP contribution in [-0.4, -0.2) is 16.6 Å². The van der Waals surface area contributed by atoms with Gasteiger partial charge in [0, 0.05) is 0 Å². The lowest BCUT2D eigenvalue weighted by Gasteiger charge is -2.17. The minimum absolute atomic E-state index is 0.0691. The van der Waals surface area contributed by atoms with Crippen molar-refractivity contribution in [2.75, 3.05) is 7.11 Å². The van der Waals surface area contributed by atoms with E-state index in [1.165, 1.54) is 0 Å². The third kappa shape index (κ3) is 1.85. The second-order valence-electron chi connectivity index (χ2n) is 4.35. The van der Waals surface area contributed by atoms with Crippen LogP contribution in [0.2, 0.25) is 0 Å². The average Bonchev–Trinajstić information content (AvgIpc) is 2.57. The highest BCUT2D eigenvalue weighted by Crippen LogP contribution is 2.32. The highest BCUT2D eigenvalue weighted by atomic mass is 32.2. The Hall–Kier alpha value is -1.61. The van der Waals surface area contributed by atoms with Crippen molar-refractivity contribution in [3.8, 4) is 5.75 Å². The minimum Gasteiger partial charge on any atom is -0.497 e. The van der Waals surface area contributed by atoms with Crippen molar-refractivity contribution in [2.45, 2.75) is 16.6 Å². The van der Waals surface area contributed by atoms with E-state index in [4.69, 9.17) is 4.74 Å². The molecule has 0 saturated carbocycles. The molecule has 18 heavy (non-hydrogen) atoms. The van der Waals surface area contributed by atoms with Gasteiger partial charge in [0.15, 0.2) is 0 Å². The average molecular weight is 258 g/mol. The van der Waals surface area contributed by atoms with E-state index in [-0.39, 0.29) is 5.25 Å². The van der Waals surface area contributed by atoms with Crippen LogP contribution < -0.4 is 4.74 Å². The van der Waals surface area contributed by atoms with Gasteiger partial charge >= 0.3 is 0 Å². The number of benzene rings is 1. The summed E-state index contributed by atoms with van der Waals surface area (Å²) in [5.41, 5.74) is 2.16. The van der Waals surface area contributed by atoms with E-state index < -0.39 is 10.8 Å². The molecule has 2 aliphatic rings. The minimum atomic E-state index is -1.02. The van der Waals surface area contributed by atoms with Crippen molar-refractivity contribution in [3.05, 3.63) is 53.6 Å². The van der Waals surface area contributed by atoms with E-state index in [0.717, 1.165) is 28.2 Å². The van der Waals surface area contributed by atoms with Crippen LogP contribution in [0.3, 0.4) is 0 Å². The van der Waals surface area contributed by atoms with Gasteiger partial charge in [0.2, 0.25) is 0 Å². The summed E-state index contributed by atoms with van der Waals surface area (Å²) in [6, 6.07) is 5.76. The fourth-order valence-corrected chi connectivity index (χ4v) is 3.89. The largest absolute Gasteiger partial charge is 0.497 e. The monoisotopic (exact) mass is 258 g/mol. The standard InChI is InChI=1S/C15H14O2S/c1-17-13-9-8-12-7-6-11-4-2-3-5-14(11)18(16)15(12)10-13/h2-4,6-10,14H,5H2,1H3. The predicted octanol–water partition coefficient (Wildman–Crippen LogP) is 3.08. The molecule has 0 saturated heterocycles. The number of methoxy groups -OCH3 is 1. The maximum Gasteiger partial charge on any atom is 0.120 e. The lowest BCUT2D eigenvalue weighted by molar-refractivity contribution is 0.413. The zero-order chi connectivity index (χ0) is 12.5. The number of fused-ring (bicyclic) bond motifs is 2. The van der Waals surface area contributed by atoms with Gasteiger partial charge < -0.3 is 4.74 Å². The van der Waals surface area contributed by atoms with Gasteiger partial charge in [-0.05, 0) is 29.7 Å². The lowest BCUT2D eigenvalue weighted by atomic mass is 10.0. The molecule has 0 bridgehead atoms. The molecule has 2 nitrogen and oxygen atoms in total. The molecule has 1 aromatic carbocycles. The highest BCUT2D eigenvalue weighted by molar-refractivity contribution is 7.86. The quantitative estimate of drug-likeness (QED) is 0.773. The van der Waals surface area contributed by atoms with Crippen molar-refractivity contribution < 1.29 is 8.95 Å². The van der Waals surface area contributed by atoms with Crippen molar-refractivity contribution in [1.29, 1.82) is 0 Å². The SMILES string of the molecule is COc1ccc2c(c1)S(=O)C1CC=CC=C1C=C2. The van der Waals surface area contributed by atoms with E-state index in [9.17, 15) is 4.21 Å². The molecule has 3 rings (SSSR count). The summed E-state index contributed by atoms with van der Waals surface area (Å²) >= 11 is 0. The molecule has 0 spiro atoms. The maximum absolute atomic E-state index is 12.7. The van der Waals surface area contributed by atoms with E-state index in [1.54, 1.807) is 7.11 Å². The van der Waals surface area contributed by atoms with Gasteiger partial charge in [0.05, 0.1) is 28.1 Å². The molecular weight excluding hydrogens is 244 g/mol. The number of hydrogen-bond donors (Lipinski definition) is 0. The molecule has 2 unspecified atom stereocenters. The summed E-state index contributed by atoms with van der Waals surface area (Å²) in [5, 5.41) is 0.0691. The first kappa shape index (κ1) is 11.5. The van der Waals surface area contributed by atoms with Crippen LogP contribution in [0.25, 0.3) is 6.08 Å². The molecule has 92 valence electrons. The van der Waals surface area contributed by atoms with Crippen LogP contribution in [0.1, 0.15) is 12.0 Å². The Bertz CT molecular complexity index is 597. The summed E-state index contributed by atoms with van der Waals surface area (Å²) < 4.78 is 17.9. The van der Waals surface area contributed by atoms with E-state index in [1.807, 2.05) is 36.4 Å². The predicted molar refractivity (Wildman–Crippen MR) is 74.1 cm³/mol. The fourth-order valence-electron chi connectivity index (χ4n) is 2.29. The molecule has 3 heteroatoms. The smallest absolute Gasteiger partial charge is 0.120 e.